The van der Waals surface area contributed by atoms with Crippen LogP contribution in [0.4, 0.5) is 4.39 Å². The highest BCUT2D eigenvalue weighted by molar-refractivity contribution is 6.30. The summed E-state index contributed by atoms with van der Waals surface area (Å²) in [6.07, 6.45) is 0.605. The van der Waals surface area contributed by atoms with Gasteiger partial charge in [-0.25, -0.2) is 4.39 Å². The lowest BCUT2D eigenvalue weighted by Crippen LogP contribution is -2.01. The van der Waals surface area contributed by atoms with Crippen LogP contribution in [0.2, 0.25) is 5.02 Å². The molecule has 0 spiro atoms. The molecular weight excluding hydrogens is 282 g/mol. The van der Waals surface area contributed by atoms with Gasteiger partial charge in [-0.05, 0) is 43.5 Å². The van der Waals surface area contributed by atoms with E-state index in [1.165, 1.54) is 17.2 Å². The van der Waals surface area contributed by atoms with Crippen molar-refractivity contribution in [1.29, 1.82) is 0 Å². The summed E-state index contributed by atoms with van der Waals surface area (Å²) >= 11 is 12.1. The van der Waals surface area contributed by atoms with E-state index in [0.29, 0.717) is 17.0 Å². The second kappa shape index (κ2) is 5.94. The number of rotatable bonds is 3. The van der Waals surface area contributed by atoms with Crippen LogP contribution in [-0.4, -0.2) is 0 Å². The van der Waals surface area contributed by atoms with Gasteiger partial charge in [0.05, 0.1) is 5.38 Å². The summed E-state index contributed by atoms with van der Waals surface area (Å²) in [4.78, 5) is 0. The molecule has 0 heterocycles. The fourth-order valence-corrected chi connectivity index (χ4v) is 2.58. The maximum atomic E-state index is 13.8. The molecule has 0 radical (unpaired) electrons. The van der Waals surface area contributed by atoms with E-state index >= 15 is 0 Å². The minimum atomic E-state index is -0.391. The van der Waals surface area contributed by atoms with Gasteiger partial charge in [-0.15, -0.1) is 11.6 Å². The van der Waals surface area contributed by atoms with Gasteiger partial charge < -0.3 is 0 Å². The normalized spacial score (nSPS) is 12.5. The molecule has 1 unspecified atom stereocenters. The Kier molecular flexibility index (Phi) is 4.49. The van der Waals surface area contributed by atoms with Gasteiger partial charge in [-0.1, -0.05) is 41.4 Å². The molecule has 1 atom stereocenters. The van der Waals surface area contributed by atoms with Crippen molar-refractivity contribution in [3.05, 3.63) is 69.5 Å². The molecule has 0 saturated carbocycles. The van der Waals surface area contributed by atoms with Crippen LogP contribution in [0.1, 0.15) is 27.6 Å². The zero-order valence-corrected chi connectivity index (χ0v) is 12.4. The lowest BCUT2D eigenvalue weighted by atomic mass is 9.98. The smallest absolute Gasteiger partial charge is 0.129 e. The highest BCUT2D eigenvalue weighted by atomic mass is 35.5. The largest absolute Gasteiger partial charge is 0.207 e. The molecule has 0 saturated heterocycles. The molecule has 0 fully saturated rings. The third kappa shape index (κ3) is 3.49. The van der Waals surface area contributed by atoms with Gasteiger partial charge in [0.15, 0.2) is 0 Å². The summed E-state index contributed by atoms with van der Waals surface area (Å²) in [6, 6.07) is 10.8. The fourth-order valence-electron chi connectivity index (χ4n) is 2.08. The predicted octanol–water partition coefficient (Wildman–Crippen LogP) is 5.62. The van der Waals surface area contributed by atoms with E-state index in [9.17, 15) is 4.39 Å². The second-order valence-electron chi connectivity index (χ2n) is 4.77. The van der Waals surface area contributed by atoms with Crippen molar-refractivity contribution in [2.75, 3.05) is 0 Å². The summed E-state index contributed by atoms with van der Waals surface area (Å²) < 4.78 is 13.8. The van der Waals surface area contributed by atoms with Crippen LogP contribution in [0.25, 0.3) is 0 Å². The van der Waals surface area contributed by atoms with E-state index in [4.69, 9.17) is 23.2 Å². The number of hydrogen-bond donors (Lipinski definition) is 0. The Hall–Kier alpha value is -1.05. The van der Waals surface area contributed by atoms with Gasteiger partial charge in [-0.2, -0.15) is 0 Å². The first kappa shape index (κ1) is 14.4. The van der Waals surface area contributed by atoms with Crippen molar-refractivity contribution in [2.45, 2.75) is 25.6 Å². The molecule has 0 aliphatic carbocycles. The minimum Gasteiger partial charge on any atom is -0.207 e. The fraction of sp³-hybridized carbons (Fsp3) is 0.250. The summed E-state index contributed by atoms with van der Waals surface area (Å²) in [6.45, 7) is 4.08. The lowest BCUT2D eigenvalue weighted by molar-refractivity contribution is 0.606. The van der Waals surface area contributed by atoms with Crippen molar-refractivity contribution >= 4 is 23.2 Å². The van der Waals surface area contributed by atoms with E-state index in [2.05, 4.69) is 18.2 Å². The molecule has 0 aliphatic heterocycles. The number of halogens is 3. The highest BCUT2D eigenvalue weighted by Gasteiger charge is 2.15. The molecule has 0 amide bonds. The van der Waals surface area contributed by atoms with Crippen LogP contribution >= 0.6 is 23.2 Å². The Bertz CT molecular complexity index is 593. The molecule has 100 valence electrons. The van der Waals surface area contributed by atoms with E-state index in [1.54, 1.807) is 12.1 Å². The van der Waals surface area contributed by atoms with Crippen LogP contribution in [0.5, 0.6) is 0 Å². The van der Waals surface area contributed by atoms with Crippen molar-refractivity contribution in [1.82, 2.24) is 0 Å². The Balaban J connectivity index is 2.25. The summed E-state index contributed by atoms with van der Waals surface area (Å²) in [5, 5.41) is -0.00498. The van der Waals surface area contributed by atoms with E-state index in [0.717, 1.165) is 5.56 Å². The maximum Gasteiger partial charge on any atom is 0.129 e. The Morgan fingerprint density at radius 1 is 1.11 bits per heavy atom. The minimum absolute atomic E-state index is 0.349. The van der Waals surface area contributed by atoms with Crippen LogP contribution in [0, 0.1) is 19.7 Å². The van der Waals surface area contributed by atoms with Crippen molar-refractivity contribution in [3.63, 3.8) is 0 Å². The molecule has 2 rings (SSSR count). The average molecular weight is 297 g/mol. The van der Waals surface area contributed by atoms with Gasteiger partial charge in [0.1, 0.15) is 5.82 Å². The first-order valence-electron chi connectivity index (χ1n) is 6.12. The first-order chi connectivity index (χ1) is 8.97. The van der Waals surface area contributed by atoms with E-state index in [-0.39, 0.29) is 5.82 Å². The molecule has 2 aromatic carbocycles. The van der Waals surface area contributed by atoms with Gasteiger partial charge in [0.2, 0.25) is 0 Å². The molecule has 3 heteroatoms. The molecule has 0 bridgehead atoms. The van der Waals surface area contributed by atoms with E-state index < -0.39 is 5.38 Å². The topological polar surface area (TPSA) is 0 Å². The third-order valence-electron chi connectivity index (χ3n) is 3.20. The van der Waals surface area contributed by atoms with Crippen LogP contribution in [0.3, 0.4) is 0 Å². The first-order valence-corrected chi connectivity index (χ1v) is 6.94. The van der Waals surface area contributed by atoms with Gasteiger partial charge in [-0.3, -0.25) is 0 Å². The Labute approximate surface area is 123 Å². The SMILES string of the molecule is Cc1ccc(C)c(CC(Cl)c2ccc(Cl)cc2F)c1. The quantitative estimate of drug-likeness (QED) is 0.645. The summed E-state index contributed by atoms with van der Waals surface area (Å²) in [7, 11) is 0. The molecular formula is C16H15Cl2F. The third-order valence-corrected chi connectivity index (χ3v) is 3.83. The second-order valence-corrected chi connectivity index (χ2v) is 5.73. The monoisotopic (exact) mass is 296 g/mol. The van der Waals surface area contributed by atoms with Crippen molar-refractivity contribution < 1.29 is 4.39 Å². The van der Waals surface area contributed by atoms with Gasteiger partial charge >= 0.3 is 0 Å². The highest BCUT2D eigenvalue weighted by Crippen LogP contribution is 2.30. The molecule has 0 aromatic heterocycles. The lowest BCUT2D eigenvalue weighted by Gasteiger charge is -2.13. The molecule has 2 aromatic rings. The Morgan fingerprint density at radius 3 is 2.53 bits per heavy atom. The Morgan fingerprint density at radius 2 is 1.84 bits per heavy atom. The van der Waals surface area contributed by atoms with Crippen molar-refractivity contribution in [3.8, 4) is 0 Å². The zero-order valence-electron chi connectivity index (χ0n) is 10.9. The van der Waals surface area contributed by atoms with Gasteiger partial charge in [0, 0.05) is 10.6 Å². The molecule has 0 N–H and O–H groups in total. The standard InChI is InChI=1S/C16H15Cl2F/c1-10-3-4-11(2)12(7-10)8-15(18)14-6-5-13(17)9-16(14)19/h3-7,9,15H,8H2,1-2H3. The van der Waals surface area contributed by atoms with Crippen LogP contribution in [-0.2, 0) is 6.42 Å². The zero-order chi connectivity index (χ0) is 14.0. The molecule has 19 heavy (non-hydrogen) atoms. The molecule has 0 nitrogen and oxygen atoms in total. The number of alkyl halides is 1. The van der Waals surface area contributed by atoms with Gasteiger partial charge in [0.25, 0.3) is 0 Å². The van der Waals surface area contributed by atoms with Crippen molar-refractivity contribution in [2.24, 2.45) is 0 Å². The number of benzene rings is 2. The number of aryl methyl sites for hydroxylation is 2. The van der Waals surface area contributed by atoms with Crippen LogP contribution in [0.15, 0.2) is 36.4 Å². The number of hydrogen-bond acceptors (Lipinski definition) is 0. The molecule has 0 aliphatic rings. The predicted molar refractivity (Wildman–Crippen MR) is 79.6 cm³/mol. The maximum absolute atomic E-state index is 13.8. The van der Waals surface area contributed by atoms with Crippen LogP contribution < -0.4 is 0 Å². The summed E-state index contributed by atoms with van der Waals surface area (Å²) in [5.74, 6) is -0.349. The summed E-state index contributed by atoms with van der Waals surface area (Å²) in [5.41, 5.74) is 3.99. The van der Waals surface area contributed by atoms with E-state index in [1.807, 2.05) is 13.8 Å². The average Bonchev–Trinajstić information content (AvgIpc) is 2.33.